The molecule has 0 heterocycles. The Morgan fingerprint density at radius 3 is 2.53 bits per heavy atom. The minimum atomic E-state index is -0.724. The van der Waals surface area contributed by atoms with Crippen molar-refractivity contribution in [3.63, 3.8) is 0 Å². The molecule has 0 aliphatic carbocycles. The first-order chi connectivity index (χ1) is 9.02. The Bertz CT molecular complexity index is 599. The summed E-state index contributed by atoms with van der Waals surface area (Å²) in [6, 6.07) is 11.1. The van der Waals surface area contributed by atoms with E-state index in [4.69, 9.17) is 16.3 Å². The molecule has 100 valence electrons. The quantitative estimate of drug-likeness (QED) is 0.890. The summed E-state index contributed by atoms with van der Waals surface area (Å²) in [5, 5.41) is 10.9. The fourth-order valence-corrected chi connectivity index (χ4v) is 2.86. The van der Waals surface area contributed by atoms with Crippen LogP contribution in [0.4, 0.5) is 0 Å². The largest absolute Gasteiger partial charge is 0.495 e. The highest BCUT2D eigenvalue weighted by molar-refractivity contribution is 9.10. The third kappa shape index (κ3) is 3.11. The highest BCUT2D eigenvalue weighted by Crippen LogP contribution is 2.33. The van der Waals surface area contributed by atoms with Gasteiger partial charge < -0.3 is 9.84 Å². The number of aliphatic hydroxyl groups is 1. The first kappa shape index (κ1) is 14.4. The molecule has 1 atom stereocenters. The molecule has 0 fully saturated rings. The van der Waals surface area contributed by atoms with E-state index in [-0.39, 0.29) is 0 Å². The van der Waals surface area contributed by atoms with Crippen LogP contribution in [0.15, 0.2) is 40.9 Å². The van der Waals surface area contributed by atoms with Crippen LogP contribution in [0.25, 0.3) is 0 Å². The van der Waals surface area contributed by atoms with Gasteiger partial charge in [0.2, 0.25) is 0 Å². The topological polar surface area (TPSA) is 29.5 Å². The van der Waals surface area contributed by atoms with E-state index in [0.717, 1.165) is 21.2 Å². The Labute approximate surface area is 126 Å². The molecule has 0 amide bonds. The summed E-state index contributed by atoms with van der Waals surface area (Å²) < 4.78 is 5.98. The number of hydrogen-bond donors (Lipinski definition) is 1. The summed E-state index contributed by atoms with van der Waals surface area (Å²) in [4.78, 5) is 0. The van der Waals surface area contributed by atoms with Crippen molar-refractivity contribution in [2.24, 2.45) is 0 Å². The van der Waals surface area contributed by atoms with Crippen molar-refractivity contribution in [1.82, 2.24) is 0 Å². The molecule has 19 heavy (non-hydrogen) atoms. The average molecular weight is 342 g/mol. The zero-order chi connectivity index (χ0) is 14.0. The number of halogens is 2. The van der Waals surface area contributed by atoms with Crippen LogP contribution in [0.5, 0.6) is 5.75 Å². The van der Waals surface area contributed by atoms with Crippen molar-refractivity contribution in [3.8, 4) is 5.75 Å². The first-order valence-electron chi connectivity index (χ1n) is 5.80. The Kier molecular flexibility index (Phi) is 4.50. The predicted octanol–water partition coefficient (Wildman–Crippen LogP) is 4.50. The summed E-state index contributed by atoms with van der Waals surface area (Å²) in [6.07, 6.45) is -0.724. The molecular formula is C15H14BrClO2. The lowest BCUT2D eigenvalue weighted by molar-refractivity contribution is 0.219. The van der Waals surface area contributed by atoms with E-state index >= 15 is 0 Å². The van der Waals surface area contributed by atoms with Gasteiger partial charge in [-0.3, -0.25) is 0 Å². The molecule has 2 nitrogen and oxygen atoms in total. The number of ether oxygens (including phenoxy) is 1. The van der Waals surface area contributed by atoms with Gasteiger partial charge in [0.1, 0.15) is 11.9 Å². The van der Waals surface area contributed by atoms with Gasteiger partial charge in [0, 0.05) is 4.47 Å². The van der Waals surface area contributed by atoms with Crippen LogP contribution in [-0.2, 0) is 0 Å². The Morgan fingerprint density at radius 1 is 1.21 bits per heavy atom. The van der Waals surface area contributed by atoms with Gasteiger partial charge in [-0.05, 0) is 41.8 Å². The number of methoxy groups -OCH3 is 1. The molecule has 0 aromatic heterocycles. The molecule has 0 saturated heterocycles. The van der Waals surface area contributed by atoms with E-state index in [0.29, 0.717) is 10.8 Å². The van der Waals surface area contributed by atoms with Gasteiger partial charge in [-0.2, -0.15) is 0 Å². The molecule has 0 spiro atoms. The van der Waals surface area contributed by atoms with Crippen molar-refractivity contribution < 1.29 is 9.84 Å². The highest BCUT2D eigenvalue weighted by atomic mass is 79.9. The van der Waals surface area contributed by atoms with Crippen molar-refractivity contribution in [2.75, 3.05) is 7.11 Å². The summed E-state index contributed by atoms with van der Waals surface area (Å²) in [5.74, 6) is 0.598. The second-order valence-corrected chi connectivity index (χ2v) is 5.58. The van der Waals surface area contributed by atoms with Gasteiger partial charge in [0.15, 0.2) is 0 Å². The third-order valence-corrected chi connectivity index (χ3v) is 3.92. The summed E-state index contributed by atoms with van der Waals surface area (Å²) in [7, 11) is 1.56. The SMILES string of the molecule is COc1ccc(C(O)c2ccc(C)cc2Br)cc1Cl. The maximum atomic E-state index is 10.4. The lowest BCUT2D eigenvalue weighted by Crippen LogP contribution is -2.01. The van der Waals surface area contributed by atoms with Crippen molar-refractivity contribution in [3.05, 3.63) is 62.6 Å². The van der Waals surface area contributed by atoms with E-state index in [2.05, 4.69) is 15.9 Å². The highest BCUT2D eigenvalue weighted by Gasteiger charge is 2.15. The number of aliphatic hydroxyl groups excluding tert-OH is 1. The second kappa shape index (κ2) is 5.95. The predicted molar refractivity (Wildman–Crippen MR) is 80.9 cm³/mol. The molecule has 0 aliphatic rings. The van der Waals surface area contributed by atoms with Crippen molar-refractivity contribution >= 4 is 27.5 Å². The molecule has 2 aromatic carbocycles. The van der Waals surface area contributed by atoms with Gasteiger partial charge in [-0.25, -0.2) is 0 Å². The zero-order valence-electron chi connectivity index (χ0n) is 10.7. The smallest absolute Gasteiger partial charge is 0.137 e. The van der Waals surface area contributed by atoms with E-state index in [1.165, 1.54) is 0 Å². The molecule has 2 rings (SSSR count). The summed E-state index contributed by atoms with van der Waals surface area (Å²) >= 11 is 9.55. The fourth-order valence-electron chi connectivity index (χ4n) is 1.89. The number of rotatable bonds is 3. The molecule has 0 radical (unpaired) electrons. The minimum absolute atomic E-state index is 0.488. The number of aryl methyl sites for hydroxylation is 1. The second-order valence-electron chi connectivity index (χ2n) is 4.32. The van der Waals surface area contributed by atoms with Gasteiger partial charge in [0.25, 0.3) is 0 Å². The van der Waals surface area contributed by atoms with Crippen LogP contribution in [-0.4, -0.2) is 12.2 Å². The summed E-state index contributed by atoms with van der Waals surface area (Å²) in [6.45, 7) is 2.01. The Balaban J connectivity index is 2.38. The van der Waals surface area contributed by atoms with Crippen LogP contribution >= 0.6 is 27.5 Å². The van der Waals surface area contributed by atoms with Crippen molar-refractivity contribution in [2.45, 2.75) is 13.0 Å². The monoisotopic (exact) mass is 340 g/mol. The van der Waals surface area contributed by atoms with E-state index in [1.807, 2.05) is 31.2 Å². The lowest BCUT2D eigenvalue weighted by Gasteiger charge is -2.15. The van der Waals surface area contributed by atoms with E-state index < -0.39 is 6.10 Å². The maximum Gasteiger partial charge on any atom is 0.137 e. The van der Waals surface area contributed by atoms with Crippen LogP contribution in [0.3, 0.4) is 0 Å². The van der Waals surface area contributed by atoms with Crippen LogP contribution < -0.4 is 4.74 Å². The Morgan fingerprint density at radius 2 is 1.95 bits per heavy atom. The van der Waals surface area contributed by atoms with Crippen LogP contribution in [0, 0.1) is 6.92 Å². The van der Waals surface area contributed by atoms with Crippen LogP contribution in [0.2, 0.25) is 5.02 Å². The molecule has 4 heteroatoms. The van der Waals surface area contributed by atoms with Gasteiger partial charge in [0.05, 0.1) is 12.1 Å². The average Bonchev–Trinajstić information content (AvgIpc) is 2.38. The molecule has 0 saturated carbocycles. The van der Waals surface area contributed by atoms with Gasteiger partial charge >= 0.3 is 0 Å². The first-order valence-corrected chi connectivity index (χ1v) is 6.97. The standard InChI is InChI=1S/C15H14BrClO2/c1-9-3-5-11(12(16)7-9)15(18)10-4-6-14(19-2)13(17)8-10/h3-8,15,18H,1-2H3. The number of benzene rings is 2. The van der Waals surface area contributed by atoms with Gasteiger partial charge in [-0.1, -0.05) is 45.7 Å². The molecule has 0 aliphatic heterocycles. The Hall–Kier alpha value is -1.03. The molecule has 1 N–H and O–H groups in total. The molecule has 0 bridgehead atoms. The maximum absolute atomic E-state index is 10.4. The zero-order valence-corrected chi connectivity index (χ0v) is 13.0. The minimum Gasteiger partial charge on any atom is -0.495 e. The number of hydrogen-bond acceptors (Lipinski definition) is 2. The third-order valence-electron chi connectivity index (χ3n) is 2.94. The molecular weight excluding hydrogens is 328 g/mol. The molecule has 1 unspecified atom stereocenters. The van der Waals surface area contributed by atoms with E-state index in [1.54, 1.807) is 19.2 Å². The van der Waals surface area contributed by atoms with Gasteiger partial charge in [-0.15, -0.1) is 0 Å². The van der Waals surface area contributed by atoms with Crippen LogP contribution in [0.1, 0.15) is 22.8 Å². The van der Waals surface area contributed by atoms with Crippen molar-refractivity contribution in [1.29, 1.82) is 0 Å². The summed E-state index contributed by atoms with van der Waals surface area (Å²) in [5.41, 5.74) is 2.68. The normalized spacial score (nSPS) is 12.3. The lowest BCUT2D eigenvalue weighted by atomic mass is 10.0. The van der Waals surface area contributed by atoms with E-state index in [9.17, 15) is 5.11 Å². The fraction of sp³-hybridized carbons (Fsp3) is 0.200. The molecule has 2 aromatic rings.